The summed E-state index contributed by atoms with van der Waals surface area (Å²) in [5.74, 6) is 0. The smallest absolute Gasteiger partial charge is 0.305 e. The maximum atomic E-state index is 12.8. The number of rotatable bonds is 3. The van der Waals surface area contributed by atoms with Gasteiger partial charge in [0.05, 0.1) is 10.7 Å². The summed E-state index contributed by atoms with van der Waals surface area (Å²) < 4.78 is 40.0. The molecule has 3 rings (SSSR count). The zero-order valence-corrected chi connectivity index (χ0v) is 10.6. The second kappa shape index (κ2) is 4.11. The minimum Gasteiger partial charge on any atom is -0.305 e. The van der Waals surface area contributed by atoms with Crippen LogP contribution in [0.3, 0.4) is 0 Å². The van der Waals surface area contributed by atoms with Crippen molar-refractivity contribution in [3.8, 4) is 0 Å². The Labute approximate surface area is 112 Å². The number of hydrogen-bond acceptors (Lipinski definition) is 2. The third kappa shape index (κ3) is 2.30. The van der Waals surface area contributed by atoms with E-state index in [-0.39, 0.29) is 19.4 Å². The number of hydrogen-bond donors (Lipinski definition) is 1. The normalized spacial score (nSPS) is 17.9. The van der Waals surface area contributed by atoms with E-state index in [4.69, 9.17) is 11.6 Å². The van der Waals surface area contributed by atoms with Gasteiger partial charge >= 0.3 is 6.18 Å². The zero-order chi connectivity index (χ0) is 13.7. The summed E-state index contributed by atoms with van der Waals surface area (Å²) in [6.07, 6.45) is -0.578. The molecule has 3 nitrogen and oxygen atoms in total. The monoisotopic (exact) mass is 289 g/mol. The first-order valence-corrected chi connectivity index (χ1v) is 6.22. The van der Waals surface area contributed by atoms with Crippen molar-refractivity contribution < 1.29 is 13.2 Å². The van der Waals surface area contributed by atoms with Crippen molar-refractivity contribution in [2.45, 2.75) is 31.1 Å². The summed E-state index contributed by atoms with van der Waals surface area (Å²) in [6.45, 7) is 0.0960. The van der Waals surface area contributed by atoms with E-state index < -0.39 is 11.7 Å². The van der Waals surface area contributed by atoms with Crippen molar-refractivity contribution in [3.05, 3.63) is 35.2 Å². The van der Waals surface area contributed by atoms with Crippen molar-refractivity contribution >= 4 is 17.2 Å². The van der Waals surface area contributed by atoms with Gasteiger partial charge in [-0.25, -0.2) is 4.98 Å². The quantitative estimate of drug-likeness (QED) is 0.940. The summed E-state index contributed by atoms with van der Waals surface area (Å²) in [6, 6.07) is 3.42. The molecule has 2 aromatic heterocycles. The fraction of sp³-hybridized carbons (Fsp3) is 0.417. The topological polar surface area (TPSA) is 29.3 Å². The van der Waals surface area contributed by atoms with Crippen LogP contribution < -0.4 is 5.32 Å². The van der Waals surface area contributed by atoms with E-state index in [1.165, 1.54) is 0 Å². The molecule has 2 heterocycles. The molecule has 7 heteroatoms. The number of imidazole rings is 1. The molecule has 0 aliphatic heterocycles. The van der Waals surface area contributed by atoms with Crippen LogP contribution in [0.5, 0.6) is 0 Å². The number of nitrogens with zero attached hydrogens (tertiary/aromatic N) is 2. The Kier molecular flexibility index (Phi) is 2.76. The highest BCUT2D eigenvalue weighted by Gasteiger charge is 2.62. The molecule has 0 unspecified atom stereocenters. The van der Waals surface area contributed by atoms with E-state index >= 15 is 0 Å². The van der Waals surface area contributed by atoms with Crippen molar-refractivity contribution in [3.63, 3.8) is 0 Å². The molecular weight excluding hydrogens is 279 g/mol. The van der Waals surface area contributed by atoms with Crippen molar-refractivity contribution in [2.24, 2.45) is 0 Å². The van der Waals surface area contributed by atoms with Gasteiger partial charge in [0.1, 0.15) is 11.2 Å². The molecule has 0 aromatic carbocycles. The SMILES string of the molecule is FC(F)(F)C1(NCc2cn3cc(Cl)ccc3n2)CC1. The molecule has 1 aliphatic rings. The Morgan fingerprint density at radius 3 is 2.68 bits per heavy atom. The van der Waals surface area contributed by atoms with E-state index in [0.717, 1.165) is 0 Å². The number of halogens is 4. The van der Waals surface area contributed by atoms with Gasteiger partial charge < -0.3 is 4.40 Å². The van der Waals surface area contributed by atoms with Gasteiger partial charge in [-0.3, -0.25) is 5.32 Å². The van der Waals surface area contributed by atoms with E-state index in [1.807, 2.05) is 0 Å². The van der Waals surface area contributed by atoms with Crippen LogP contribution in [0.4, 0.5) is 13.2 Å². The van der Waals surface area contributed by atoms with Gasteiger partial charge in [0.25, 0.3) is 0 Å². The molecule has 1 saturated carbocycles. The Morgan fingerprint density at radius 1 is 1.32 bits per heavy atom. The fourth-order valence-electron chi connectivity index (χ4n) is 2.05. The first-order chi connectivity index (χ1) is 8.90. The van der Waals surface area contributed by atoms with Crippen LogP contribution >= 0.6 is 11.6 Å². The predicted octanol–water partition coefficient (Wildman–Crippen LogP) is 3.17. The molecule has 0 atom stereocenters. The minimum absolute atomic E-state index is 0.0960. The Balaban J connectivity index is 1.76. The van der Waals surface area contributed by atoms with Gasteiger partial charge in [0, 0.05) is 18.9 Å². The molecule has 102 valence electrons. The van der Waals surface area contributed by atoms with Crippen LogP contribution in [0.2, 0.25) is 5.02 Å². The van der Waals surface area contributed by atoms with Crippen LogP contribution in [0.1, 0.15) is 18.5 Å². The van der Waals surface area contributed by atoms with E-state index in [0.29, 0.717) is 16.4 Å². The van der Waals surface area contributed by atoms with Crippen LogP contribution in [0.25, 0.3) is 5.65 Å². The fourth-order valence-corrected chi connectivity index (χ4v) is 2.22. The highest BCUT2D eigenvalue weighted by atomic mass is 35.5. The van der Waals surface area contributed by atoms with E-state index in [1.54, 1.807) is 28.9 Å². The van der Waals surface area contributed by atoms with Gasteiger partial charge in [-0.1, -0.05) is 11.6 Å². The lowest BCUT2D eigenvalue weighted by Gasteiger charge is -2.19. The first kappa shape index (κ1) is 12.7. The predicted molar refractivity (Wildman–Crippen MR) is 65.1 cm³/mol. The maximum Gasteiger partial charge on any atom is 0.406 e. The lowest BCUT2D eigenvalue weighted by atomic mass is 10.2. The van der Waals surface area contributed by atoms with Crippen molar-refractivity contribution in [1.29, 1.82) is 0 Å². The molecule has 1 aliphatic carbocycles. The molecular formula is C12H11ClF3N3. The summed E-state index contributed by atoms with van der Waals surface area (Å²) in [7, 11) is 0. The van der Waals surface area contributed by atoms with Gasteiger partial charge in [-0.05, 0) is 25.0 Å². The lowest BCUT2D eigenvalue weighted by molar-refractivity contribution is -0.166. The van der Waals surface area contributed by atoms with Crippen LogP contribution in [0.15, 0.2) is 24.5 Å². The van der Waals surface area contributed by atoms with Crippen LogP contribution in [-0.2, 0) is 6.54 Å². The molecule has 0 saturated heterocycles. The standard InChI is InChI=1S/C12H11ClF3N3/c13-8-1-2-10-18-9(7-19(10)6-8)5-17-11(3-4-11)12(14,15)16/h1-2,6-7,17H,3-5H2. The van der Waals surface area contributed by atoms with Crippen LogP contribution in [0, 0.1) is 0 Å². The molecule has 0 spiro atoms. The highest BCUT2D eigenvalue weighted by molar-refractivity contribution is 6.30. The van der Waals surface area contributed by atoms with Gasteiger partial charge in [-0.15, -0.1) is 0 Å². The number of pyridine rings is 1. The van der Waals surface area contributed by atoms with Gasteiger partial charge in [-0.2, -0.15) is 13.2 Å². The summed E-state index contributed by atoms with van der Waals surface area (Å²) >= 11 is 5.83. The maximum absolute atomic E-state index is 12.8. The zero-order valence-electron chi connectivity index (χ0n) is 9.84. The average molecular weight is 290 g/mol. The Bertz CT molecular complexity index is 616. The van der Waals surface area contributed by atoms with Crippen molar-refractivity contribution in [2.75, 3.05) is 0 Å². The third-order valence-electron chi connectivity index (χ3n) is 3.37. The Hall–Kier alpha value is -1.27. The molecule has 0 radical (unpaired) electrons. The van der Waals surface area contributed by atoms with Gasteiger partial charge in [0.2, 0.25) is 0 Å². The largest absolute Gasteiger partial charge is 0.406 e. The second-order valence-electron chi connectivity index (χ2n) is 4.78. The Morgan fingerprint density at radius 2 is 2.05 bits per heavy atom. The van der Waals surface area contributed by atoms with E-state index in [2.05, 4.69) is 10.3 Å². The number of fused-ring (bicyclic) bond motifs is 1. The van der Waals surface area contributed by atoms with Gasteiger partial charge in [0.15, 0.2) is 0 Å². The molecule has 1 fully saturated rings. The summed E-state index contributed by atoms with van der Waals surface area (Å²) in [5, 5.41) is 3.12. The van der Waals surface area contributed by atoms with Crippen molar-refractivity contribution in [1.82, 2.24) is 14.7 Å². The molecule has 19 heavy (non-hydrogen) atoms. The molecule has 2 aromatic rings. The number of aromatic nitrogens is 2. The molecule has 0 amide bonds. The number of nitrogens with one attached hydrogen (secondary N) is 1. The first-order valence-electron chi connectivity index (χ1n) is 5.85. The third-order valence-corrected chi connectivity index (χ3v) is 3.59. The molecule has 0 bridgehead atoms. The highest BCUT2D eigenvalue weighted by Crippen LogP contribution is 2.49. The lowest BCUT2D eigenvalue weighted by Crippen LogP contribution is -2.44. The second-order valence-corrected chi connectivity index (χ2v) is 5.21. The minimum atomic E-state index is -4.20. The summed E-state index contributed by atoms with van der Waals surface area (Å²) in [4.78, 5) is 4.24. The average Bonchev–Trinajstić information content (AvgIpc) is 3.01. The number of alkyl halides is 3. The van der Waals surface area contributed by atoms with E-state index in [9.17, 15) is 13.2 Å². The summed E-state index contributed by atoms with van der Waals surface area (Å²) in [5.41, 5.74) is -0.476. The van der Waals surface area contributed by atoms with Crippen LogP contribution in [-0.4, -0.2) is 21.1 Å². The molecule has 1 N–H and O–H groups in total.